The van der Waals surface area contributed by atoms with Gasteiger partial charge in [-0.25, -0.2) is 0 Å². The van der Waals surface area contributed by atoms with Gasteiger partial charge < -0.3 is 10.0 Å². The van der Waals surface area contributed by atoms with E-state index in [0.29, 0.717) is 6.54 Å². The summed E-state index contributed by atoms with van der Waals surface area (Å²) in [6, 6.07) is 0. The molecule has 100 valence electrons. The Morgan fingerprint density at radius 2 is 2.11 bits per heavy atom. The van der Waals surface area contributed by atoms with Crippen LogP contribution in [0.5, 0.6) is 0 Å². The van der Waals surface area contributed by atoms with Crippen molar-refractivity contribution in [1.82, 2.24) is 4.90 Å². The monoisotopic (exact) mass is 251 g/mol. The number of rotatable bonds is 3. The predicted octanol–water partition coefficient (Wildman–Crippen LogP) is 2.06. The quantitative estimate of drug-likeness (QED) is 0.781. The van der Waals surface area contributed by atoms with Crippen molar-refractivity contribution >= 4 is 11.9 Å². The normalized spacial score (nSPS) is 28.1. The van der Waals surface area contributed by atoms with Crippen LogP contribution in [0.4, 0.5) is 0 Å². The van der Waals surface area contributed by atoms with Crippen molar-refractivity contribution in [3.8, 4) is 0 Å². The number of hydrogen-bond acceptors (Lipinski definition) is 2. The third-order valence-electron chi connectivity index (χ3n) is 3.91. The molecule has 2 aliphatic rings. The molecule has 4 nitrogen and oxygen atoms in total. The molecule has 0 bridgehead atoms. The molecule has 1 heterocycles. The van der Waals surface area contributed by atoms with Crippen molar-refractivity contribution in [1.29, 1.82) is 0 Å². The molecular formula is C14H21NO3. The van der Waals surface area contributed by atoms with Gasteiger partial charge >= 0.3 is 5.97 Å². The van der Waals surface area contributed by atoms with Crippen LogP contribution in [0.15, 0.2) is 12.2 Å². The SMILES string of the molecule is O=C(O)CC1CCCN(C(=O)C2CC=CCC2)C1. The third-order valence-corrected chi connectivity index (χ3v) is 3.91. The van der Waals surface area contributed by atoms with Gasteiger partial charge in [0.1, 0.15) is 0 Å². The van der Waals surface area contributed by atoms with Gasteiger partial charge in [-0.05, 0) is 38.0 Å². The molecule has 2 rings (SSSR count). The summed E-state index contributed by atoms with van der Waals surface area (Å²) in [5.41, 5.74) is 0. The lowest BCUT2D eigenvalue weighted by Gasteiger charge is -2.34. The maximum Gasteiger partial charge on any atom is 0.303 e. The number of carbonyl (C=O) groups excluding carboxylic acids is 1. The largest absolute Gasteiger partial charge is 0.481 e. The molecule has 18 heavy (non-hydrogen) atoms. The number of amides is 1. The minimum absolute atomic E-state index is 0.124. The van der Waals surface area contributed by atoms with Crippen molar-refractivity contribution in [3.05, 3.63) is 12.2 Å². The molecule has 1 N–H and O–H groups in total. The first-order valence-corrected chi connectivity index (χ1v) is 6.82. The minimum atomic E-state index is -0.755. The van der Waals surface area contributed by atoms with E-state index < -0.39 is 5.97 Å². The van der Waals surface area contributed by atoms with Crippen LogP contribution in [0, 0.1) is 11.8 Å². The number of likely N-dealkylation sites (tertiary alicyclic amines) is 1. The molecule has 1 fully saturated rings. The second-order valence-corrected chi connectivity index (χ2v) is 5.37. The highest BCUT2D eigenvalue weighted by Gasteiger charge is 2.29. The number of aliphatic carboxylic acids is 1. The Morgan fingerprint density at radius 1 is 1.28 bits per heavy atom. The summed E-state index contributed by atoms with van der Waals surface area (Å²) in [6.45, 7) is 1.43. The lowest BCUT2D eigenvalue weighted by atomic mass is 9.90. The zero-order valence-electron chi connectivity index (χ0n) is 10.7. The topological polar surface area (TPSA) is 57.6 Å². The average molecular weight is 251 g/mol. The molecule has 0 spiro atoms. The standard InChI is InChI=1S/C14H21NO3/c16-13(17)9-11-5-4-8-15(10-11)14(18)12-6-2-1-3-7-12/h1-2,11-12H,3-10H2,(H,16,17). The number of piperidine rings is 1. The van der Waals surface area contributed by atoms with Gasteiger partial charge in [0.05, 0.1) is 0 Å². The fourth-order valence-corrected chi connectivity index (χ4v) is 2.95. The first kappa shape index (κ1) is 13.1. The van der Waals surface area contributed by atoms with Crippen LogP contribution in [0.2, 0.25) is 0 Å². The van der Waals surface area contributed by atoms with Crippen LogP contribution in [0.1, 0.15) is 38.5 Å². The smallest absolute Gasteiger partial charge is 0.303 e. The van der Waals surface area contributed by atoms with E-state index in [1.165, 1.54) is 0 Å². The predicted molar refractivity (Wildman–Crippen MR) is 68.0 cm³/mol. The van der Waals surface area contributed by atoms with E-state index in [2.05, 4.69) is 12.2 Å². The zero-order valence-corrected chi connectivity index (χ0v) is 10.7. The number of carboxylic acid groups (broad SMARTS) is 1. The summed E-state index contributed by atoms with van der Waals surface area (Å²) >= 11 is 0. The Bertz CT molecular complexity index is 351. The average Bonchev–Trinajstić information content (AvgIpc) is 2.38. The van der Waals surface area contributed by atoms with Gasteiger partial charge in [0.2, 0.25) is 5.91 Å². The molecular weight excluding hydrogens is 230 g/mol. The minimum Gasteiger partial charge on any atom is -0.481 e. The van der Waals surface area contributed by atoms with E-state index in [1.807, 2.05) is 4.90 Å². The molecule has 0 aromatic heterocycles. The van der Waals surface area contributed by atoms with Gasteiger partial charge in [-0.1, -0.05) is 12.2 Å². The summed E-state index contributed by atoms with van der Waals surface area (Å²) in [7, 11) is 0. The van der Waals surface area contributed by atoms with Gasteiger partial charge in [0.15, 0.2) is 0 Å². The number of carboxylic acids is 1. The first-order chi connectivity index (χ1) is 8.66. The van der Waals surface area contributed by atoms with Gasteiger partial charge in [0, 0.05) is 25.4 Å². The molecule has 1 aliphatic heterocycles. The molecule has 0 aromatic rings. The highest BCUT2D eigenvalue weighted by atomic mass is 16.4. The number of hydrogen-bond donors (Lipinski definition) is 1. The van der Waals surface area contributed by atoms with Gasteiger partial charge in [-0.15, -0.1) is 0 Å². The maximum absolute atomic E-state index is 12.3. The molecule has 1 aliphatic carbocycles. The van der Waals surface area contributed by atoms with Crippen molar-refractivity contribution in [2.24, 2.45) is 11.8 Å². The van der Waals surface area contributed by atoms with Gasteiger partial charge in [0.25, 0.3) is 0 Å². The second kappa shape index (κ2) is 6.03. The Labute approximate surface area is 108 Å². The number of allylic oxidation sites excluding steroid dienone is 2. The number of carbonyl (C=O) groups is 2. The van der Waals surface area contributed by atoms with Crippen molar-refractivity contribution in [3.63, 3.8) is 0 Å². The van der Waals surface area contributed by atoms with Gasteiger partial charge in [-0.3, -0.25) is 9.59 Å². The zero-order chi connectivity index (χ0) is 13.0. The van der Waals surface area contributed by atoms with Crippen molar-refractivity contribution < 1.29 is 14.7 Å². The Balaban J connectivity index is 1.89. The highest BCUT2D eigenvalue weighted by molar-refractivity contribution is 5.79. The first-order valence-electron chi connectivity index (χ1n) is 6.82. The molecule has 0 saturated carbocycles. The van der Waals surface area contributed by atoms with Crippen LogP contribution < -0.4 is 0 Å². The van der Waals surface area contributed by atoms with E-state index >= 15 is 0 Å². The van der Waals surface area contributed by atoms with E-state index in [-0.39, 0.29) is 24.2 Å². The lowest BCUT2D eigenvalue weighted by Crippen LogP contribution is -2.43. The third kappa shape index (κ3) is 3.34. The maximum atomic E-state index is 12.3. The van der Waals surface area contributed by atoms with Crippen molar-refractivity contribution in [2.45, 2.75) is 38.5 Å². The van der Waals surface area contributed by atoms with Gasteiger partial charge in [-0.2, -0.15) is 0 Å². The second-order valence-electron chi connectivity index (χ2n) is 5.37. The summed E-state index contributed by atoms with van der Waals surface area (Å²) in [5, 5.41) is 8.83. The Hall–Kier alpha value is -1.32. The Morgan fingerprint density at radius 3 is 2.78 bits per heavy atom. The van der Waals surface area contributed by atoms with E-state index in [0.717, 1.165) is 38.6 Å². The molecule has 0 aromatic carbocycles. The number of nitrogens with zero attached hydrogens (tertiary/aromatic N) is 1. The molecule has 0 radical (unpaired) electrons. The summed E-state index contributed by atoms with van der Waals surface area (Å²) in [4.78, 5) is 25.0. The molecule has 2 atom stereocenters. The van der Waals surface area contributed by atoms with E-state index in [9.17, 15) is 9.59 Å². The van der Waals surface area contributed by atoms with Crippen LogP contribution in [-0.4, -0.2) is 35.0 Å². The van der Waals surface area contributed by atoms with Crippen LogP contribution >= 0.6 is 0 Å². The molecule has 1 amide bonds. The van der Waals surface area contributed by atoms with Crippen LogP contribution in [-0.2, 0) is 9.59 Å². The lowest BCUT2D eigenvalue weighted by molar-refractivity contribution is -0.142. The fraction of sp³-hybridized carbons (Fsp3) is 0.714. The fourth-order valence-electron chi connectivity index (χ4n) is 2.95. The summed E-state index contributed by atoms with van der Waals surface area (Å²) < 4.78 is 0. The van der Waals surface area contributed by atoms with Crippen LogP contribution in [0.25, 0.3) is 0 Å². The van der Waals surface area contributed by atoms with Crippen LogP contribution in [0.3, 0.4) is 0 Å². The van der Waals surface area contributed by atoms with E-state index in [4.69, 9.17) is 5.11 Å². The van der Waals surface area contributed by atoms with E-state index in [1.54, 1.807) is 0 Å². The summed E-state index contributed by atoms with van der Waals surface area (Å²) in [5.74, 6) is -0.262. The Kier molecular flexibility index (Phi) is 4.39. The summed E-state index contributed by atoms with van der Waals surface area (Å²) in [6.07, 6.45) is 9.05. The molecule has 4 heteroatoms. The van der Waals surface area contributed by atoms with Crippen molar-refractivity contribution in [2.75, 3.05) is 13.1 Å². The molecule has 1 saturated heterocycles. The molecule has 2 unspecified atom stereocenters. The highest BCUT2D eigenvalue weighted by Crippen LogP contribution is 2.25.